The highest BCUT2D eigenvalue weighted by Crippen LogP contribution is 2.27. The van der Waals surface area contributed by atoms with Crippen molar-refractivity contribution in [2.75, 3.05) is 12.9 Å². The summed E-state index contributed by atoms with van der Waals surface area (Å²) in [7, 11) is -2.50. The number of esters is 1. The molecule has 0 amide bonds. The number of hydrogen-bond donors (Lipinski definition) is 0. The predicted molar refractivity (Wildman–Crippen MR) is 77.3 cm³/mol. The Kier molecular flexibility index (Phi) is 6.22. The Morgan fingerprint density at radius 1 is 1.35 bits per heavy atom. The van der Waals surface area contributed by atoms with Crippen molar-refractivity contribution in [1.29, 1.82) is 0 Å². The van der Waals surface area contributed by atoms with Gasteiger partial charge in [0.05, 0.1) is 24.2 Å². The molecule has 0 aliphatic rings. The molecule has 1 aromatic carbocycles. The van der Waals surface area contributed by atoms with Crippen molar-refractivity contribution in [3.63, 3.8) is 0 Å². The summed E-state index contributed by atoms with van der Waals surface area (Å²) in [5.41, 5.74) is 0.939. The van der Waals surface area contributed by atoms with Crippen LogP contribution in [0.2, 0.25) is 0 Å². The average Bonchev–Trinajstić information content (AvgIpc) is 2.43. The minimum atomic E-state index is -3.69. The highest BCUT2D eigenvalue weighted by atomic mass is 32.3. The second-order valence-corrected chi connectivity index (χ2v) is 7.73. The first kappa shape index (κ1) is 16.7. The van der Waals surface area contributed by atoms with Gasteiger partial charge >= 0.3 is 5.97 Å². The first-order valence-electron chi connectivity index (χ1n) is 5.84. The number of methoxy groups -OCH3 is 1. The molecule has 0 radical (unpaired) electrons. The fourth-order valence-corrected chi connectivity index (χ4v) is 4.51. The Balaban J connectivity index is 3.05. The third kappa shape index (κ3) is 4.35. The maximum Gasteiger partial charge on any atom is 0.307 e. The van der Waals surface area contributed by atoms with Gasteiger partial charge in [0, 0.05) is 0 Å². The van der Waals surface area contributed by atoms with Gasteiger partial charge in [0.2, 0.25) is 0 Å². The van der Waals surface area contributed by atoms with Crippen LogP contribution in [0.3, 0.4) is 0 Å². The molecule has 0 spiro atoms. The lowest BCUT2D eigenvalue weighted by Crippen LogP contribution is -2.23. The summed E-state index contributed by atoms with van der Waals surface area (Å²) in [6.07, 6.45) is 0.324. The standard InChI is InChI=1S/C13H16O5S2/c1-10-3-5-11(6-4-10)20(16,17)13(19-8-7-14)9-12(15)18-2/h3-7,13H,8-9H2,1-2H3. The van der Waals surface area contributed by atoms with E-state index in [1.165, 1.54) is 19.2 Å². The van der Waals surface area contributed by atoms with Crippen molar-refractivity contribution >= 4 is 33.9 Å². The number of carbonyl (C=O) groups excluding carboxylic acids is 2. The van der Waals surface area contributed by atoms with Gasteiger partial charge in [0.15, 0.2) is 9.84 Å². The van der Waals surface area contributed by atoms with Crippen molar-refractivity contribution in [1.82, 2.24) is 0 Å². The number of rotatable bonds is 7. The number of sulfone groups is 1. The number of hydrogen-bond acceptors (Lipinski definition) is 6. The number of aldehydes is 1. The van der Waals surface area contributed by atoms with Crippen LogP contribution in [-0.4, -0.2) is 38.1 Å². The number of benzene rings is 1. The van der Waals surface area contributed by atoms with E-state index < -0.39 is 20.4 Å². The van der Waals surface area contributed by atoms with Gasteiger partial charge in [-0.1, -0.05) is 17.7 Å². The van der Waals surface area contributed by atoms with Gasteiger partial charge in [-0.05, 0) is 19.1 Å². The molecule has 7 heteroatoms. The molecule has 1 rings (SSSR count). The van der Waals surface area contributed by atoms with Crippen LogP contribution in [0.15, 0.2) is 29.2 Å². The molecular formula is C13H16O5S2. The molecular weight excluding hydrogens is 300 g/mol. The molecule has 1 aromatic rings. The average molecular weight is 316 g/mol. The van der Waals surface area contributed by atoms with Crippen molar-refractivity contribution < 1.29 is 22.7 Å². The lowest BCUT2D eigenvalue weighted by atomic mass is 10.2. The molecule has 0 heterocycles. The summed E-state index contributed by atoms with van der Waals surface area (Å²) in [6.45, 7) is 1.85. The van der Waals surface area contributed by atoms with Crippen LogP contribution in [0, 0.1) is 6.92 Å². The molecule has 0 bridgehead atoms. The fraction of sp³-hybridized carbons (Fsp3) is 0.385. The predicted octanol–water partition coefficient (Wildman–Crippen LogP) is 1.59. The maximum absolute atomic E-state index is 12.5. The first-order valence-corrected chi connectivity index (χ1v) is 8.44. The molecule has 0 fully saturated rings. The molecule has 1 unspecified atom stereocenters. The van der Waals surface area contributed by atoms with E-state index >= 15 is 0 Å². The second-order valence-electron chi connectivity index (χ2n) is 4.07. The minimum absolute atomic E-state index is 0.00670. The number of aryl methyl sites for hydroxylation is 1. The fourth-order valence-electron chi connectivity index (χ4n) is 1.50. The van der Waals surface area contributed by atoms with Gasteiger partial charge in [0.1, 0.15) is 10.9 Å². The number of thioether (sulfide) groups is 1. The molecule has 5 nitrogen and oxygen atoms in total. The molecule has 110 valence electrons. The topological polar surface area (TPSA) is 77.5 Å². The number of carbonyl (C=O) groups is 2. The van der Waals surface area contributed by atoms with Crippen LogP contribution in [0.5, 0.6) is 0 Å². The molecule has 0 aliphatic carbocycles. The molecule has 0 saturated carbocycles. The lowest BCUT2D eigenvalue weighted by Gasteiger charge is -2.15. The lowest BCUT2D eigenvalue weighted by molar-refractivity contribution is -0.140. The molecule has 0 aliphatic heterocycles. The zero-order valence-corrected chi connectivity index (χ0v) is 12.9. The summed E-state index contributed by atoms with van der Waals surface area (Å²) in [5, 5.41) is 0. The Labute approximate surface area is 122 Å². The van der Waals surface area contributed by atoms with Crippen molar-refractivity contribution in [2.24, 2.45) is 0 Å². The Bertz CT molecular complexity index is 563. The first-order chi connectivity index (χ1) is 9.41. The van der Waals surface area contributed by atoms with Crippen LogP contribution >= 0.6 is 11.8 Å². The summed E-state index contributed by atoms with van der Waals surface area (Å²) >= 11 is 0.914. The van der Waals surface area contributed by atoms with E-state index in [-0.39, 0.29) is 17.1 Å². The van der Waals surface area contributed by atoms with E-state index in [1.54, 1.807) is 12.1 Å². The Morgan fingerprint density at radius 2 is 1.95 bits per heavy atom. The largest absolute Gasteiger partial charge is 0.469 e. The quantitative estimate of drug-likeness (QED) is 0.561. The highest BCUT2D eigenvalue weighted by molar-refractivity contribution is 8.13. The second kappa shape index (κ2) is 7.44. The van der Waals surface area contributed by atoms with Gasteiger partial charge < -0.3 is 9.53 Å². The van der Waals surface area contributed by atoms with E-state index in [4.69, 9.17) is 0 Å². The van der Waals surface area contributed by atoms with E-state index in [1.807, 2.05) is 6.92 Å². The van der Waals surface area contributed by atoms with Crippen LogP contribution in [-0.2, 0) is 24.2 Å². The van der Waals surface area contributed by atoms with E-state index in [9.17, 15) is 18.0 Å². The monoisotopic (exact) mass is 316 g/mol. The molecule has 0 N–H and O–H groups in total. The van der Waals surface area contributed by atoms with Crippen LogP contribution in [0.25, 0.3) is 0 Å². The van der Waals surface area contributed by atoms with Gasteiger partial charge in [0.25, 0.3) is 0 Å². The zero-order chi connectivity index (χ0) is 15.2. The molecule has 0 aromatic heterocycles. The van der Waals surface area contributed by atoms with Gasteiger partial charge in [-0.3, -0.25) is 4.79 Å². The smallest absolute Gasteiger partial charge is 0.307 e. The van der Waals surface area contributed by atoms with Crippen molar-refractivity contribution in [3.8, 4) is 0 Å². The summed E-state index contributed by atoms with van der Waals surface area (Å²) in [5.74, 6) is -0.615. The number of ether oxygens (including phenoxy) is 1. The van der Waals surface area contributed by atoms with Gasteiger partial charge in [-0.2, -0.15) is 0 Å². The van der Waals surface area contributed by atoms with E-state index in [2.05, 4.69) is 4.74 Å². The minimum Gasteiger partial charge on any atom is -0.469 e. The zero-order valence-electron chi connectivity index (χ0n) is 11.2. The van der Waals surface area contributed by atoms with Crippen molar-refractivity contribution in [3.05, 3.63) is 29.8 Å². The normalized spacial score (nSPS) is 12.7. The van der Waals surface area contributed by atoms with Crippen molar-refractivity contribution in [2.45, 2.75) is 22.8 Å². The Morgan fingerprint density at radius 3 is 2.45 bits per heavy atom. The summed E-state index contributed by atoms with van der Waals surface area (Å²) in [6, 6.07) is 6.37. The molecule has 20 heavy (non-hydrogen) atoms. The third-order valence-electron chi connectivity index (χ3n) is 2.61. The van der Waals surface area contributed by atoms with E-state index in [0.717, 1.165) is 17.3 Å². The van der Waals surface area contributed by atoms with Crippen LogP contribution in [0.1, 0.15) is 12.0 Å². The van der Waals surface area contributed by atoms with Gasteiger partial charge in [-0.25, -0.2) is 8.42 Å². The highest BCUT2D eigenvalue weighted by Gasteiger charge is 2.30. The van der Waals surface area contributed by atoms with E-state index in [0.29, 0.717) is 6.29 Å². The van der Waals surface area contributed by atoms with Gasteiger partial charge in [-0.15, -0.1) is 11.8 Å². The molecule has 0 saturated heterocycles. The maximum atomic E-state index is 12.5. The summed E-state index contributed by atoms with van der Waals surface area (Å²) in [4.78, 5) is 21.9. The molecule has 1 atom stereocenters. The SMILES string of the molecule is COC(=O)CC(SCC=O)S(=O)(=O)c1ccc(C)cc1. The summed E-state index contributed by atoms with van der Waals surface area (Å²) < 4.78 is 28.4. The van der Waals surface area contributed by atoms with Crippen LogP contribution < -0.4 is 0 Å². The van der Waals surface area contributed by atoms with Crippen LogP contribution in [0.4, 0.5) is 0 Å². The Hall–Kier alpha value is -1.34. The third-order valence-corrected chi connectivity index (χ3v) is 6.43.